The number of rotatable bonds is 1. The molecule has 0 aromatic carbocycles. The quantitative estimate of drug-likeness (QED) is 0.562. The third-order valence-corrected chi connectivity index (χ3v) is 1.34. The molecule has 0 aliphatic carbocycles. The second-order valence-electron chi connectivity index (χ2n) is 2.06. The molecular weight excluding hydrogens is 152 g/mol. The zero-order chi connectivity index (χ0) is 6.69. The van der Waals surface area contributed by atoms with E-state index in [4.69, 9.17) is 5.73 Å². The van der Waals surface area contributed by atoms with Crippen molar-refractivity contribution in [3.05, 3.63) is 11.6 Å². The van der Waals surface area contributed by atoms with Gasteiger partial charge < -0.3 is 11.1 Å². The maximum atomic E-state index is 10.5. The predicted molar refractivity (Wildman–Crippen MR) is 42.0 cm³/mol. The number of nitrogens with one attached hydrogen (secondary N) is 1. The lowest BCUT2D eigenvalue weighted by atomic mass is 10.1. The molecular formula is C6H11ClN2O. The van der Waals surface area contributed by atoms with Gasteiger partial charge in [-0.2, -0.15) is 0 Å². The molecule has 4 heteroatoms. The van der Waals surface area contributed by atoms with Gasteiger partial charge in [-0.05, 0) is 13.0 Å². The molecule has 0 radical (unpaired) electrons. The normalized spacial score (nSPS) is 17.0. The maximum Gasteiger partial charge on any atom is 0.245 e. The minimum absolute atomic E-state index is 0. The van der Waals surface area contributed by atoms with Crippen LogP contribution < -0.4 is 11.1 Å². The van der Waals surface area contributed by atoms with Crippen LogP contribution in [0.1, 0.15) is 6.42 Å². The number of carbonyl (C=O) groups is 1. The van der Waals surface area contributed by atoms with Crippen LogP contribution in [0.3, 0.4) is 0 Å². The Bertz CT molecular complexity index is 156. The molecule has 58 valence electrons. The number of hydrogen-bond donors (Lipinski definition) is 2. The largest absolute Gasteiger partial charge is 0.366 e. The molecule has 0 unspecified atom stereocenters. The van der Waals surface area contributed by atoms with Crippen LogP contribution in [0, 0.1) is 0 Å². The van der Waals surface area contributed by atoms with Crippen molar-refractivity contribution in [2.24, 2.45) is 5.73 Å². The van der Waals surface area contributed by atoms with Gasteiger partial charge in [-0.1, -0.05) is 6.08 Å². The third kappa shape index (κ3) is 2.37. The number of carbonyl (C=O) groups excluding carboxylic acids is 1. The van der Waals surface area contributed by atoms with Crippen LogP contribution in [0.15, 0.2) is 11.6 Å². The van der Waals surface area contributed by atoms with Gasteiger partial charge in [0.05, 0.1) is 0 Å². The van der Waals surface area contributed by atoms with Gasteiger partial charge in [0, 0.05) is 12.1 Å². The lowest BCUT2D eigenvalue weighted by Crippen LogP contribution is -2.29. The molecule has 0 atom stereocenters. The van der Waals surface area contributed by atoms with Gasteiger partial charge in [-0.3, -0.25) is 4.79 Å². The van der Waals surface area contributed by atoms with Crippen LogP contribution in [0.25, 0.3) is 0 Å². The van der Waals surface area contributed by atoms with Crippen LogP contribution in [0.5, 0.6) is 0 Å². The van der Waals surface area contributed by atoms with Crippen LogP contribution >= 0.6 is 12.4 Å². The lowest BCUT2D eigenvalue weighted by molar-refractivity contribution is -0.114. The van der Waals surface area contributed by atoms with Gasteiger partial charge in [0.1, 0.15) is 0 Å². The molecule has 1 rings (SSSR count). The van der Waals surface area contributed by atoms with E-state index < -0.39 is 0 Å². The Balaban J connectivity index is 0.000000810. The highest BCUT2D eigenvalue weighted by Gasteiger charge is 2.06. The zero-order valence-electron chi connectivity index (χ0n) is 5.59. The SMILES string of the molecule is Cl.NC(=O)C1=CCCNC1. The molecule has 1 aliphatic rings. The predicted octanol–water partition coefficient (Wildman–Crippen LogP) is -0.187. The molecule has 1 amide bonds. The van der Waals surface area contributed by atoms with E-state index in [1.165, 1.54) is 0 Å². The molecule has 0 saturated heterocycles. The fraction of sp³-hybridized carbons (Fsp3) is 0.500. The molecule has 10 heavy (non-hydrogen) atoms. The third-order valence-electron chi connectivity index (χ3n) is 1.34. The van der Waals surface area contributed by atoms with Crippen LogP contribution in [-0.2, 0) is 4.79 Å². The summed E-state index contributed by atoms with van der Waals surface area (Å²) in [5.74, 6) is -0.304. The average Bonchev–Trinajstić information content (AvgIpc) is 1.90. The van der Waals surface area contributed by atoms with Gasteiger partial charge in [0.2, 0.25) is 5.91 Å². The highest BCUT2D eigenvalue weighted by Crippen LogP contribution is 1.98. The van der Waals surface area contributed by atoms with Crippen molar-refractivity contribution in [2.45, 2.75) is 6.42 Å². The smallest absolute Gasteiger partial charge is 0.245 e. The van der Waals surface area contributed by atoms with Gasteiger partial charge in [-0.25, -0.2) is 0 Å². The summed E-state index contributed by atoms with van der Waals surface area (Å²) in [5, 5.41) is 3.05. The Morgan fingerprint density at radius 1 is 1.70 bits per heavy atom. The second-order valence-corrected chi connectivity index (χ2v) is 2.06. The van der Waals surface area contributed by atoms with Crippen molar-refractivity contribution < 1.29 is 4.79 Å². The zero-order valence-corrected chi connectivity index (χ0v) is 6.41. The summed E-state index contributed by atoms with van der Waals surface area (Å²) in [6, 6.07) is 0. The first-order chi connectivity index (χ1) is 4.30. The highest BCUT2D eigenvalue weighted by atomic mass is 35.5. The molecule has 3 N–H and O–H groups in total. The Hall–Kier alpha value is -0.540. The molecule has 0 spiro atoms. The molecule has 1 aliphatic heterocycles. The summed E-state index contributed by atoms with van der Waals surface area (Å²) in [6.45, 7) is 1.59. The monoisotopic (exact) mass is 162 g/mol. The van der Waals surface area contributed by atoms with E-state index >= 15 is 0 Å². The Labute approximate surface area is 66.1 Å². The van der Waals surface area contributed by atoms with E-state index in [0.717, 1.165) is 13.0 Å². The van der Waals surface area contributed by atoms with Gasteiger partial charge in [0.15, 0.2) is 0 Å². The van der Waals surface area contributed by atoms with E-state index in [-0.39, 0.29) is 18.3 Å². The fourth-order valence-electron chi connectivity index (χ4n) is 0.831. The van der Waals surface area contributed by atoms with Crippen LogP contribution in [-0.4, -0.2) is 19.0 Å². The topological polar surface area (TPSA) is 55.1 Å². The summed E-state index contributed by atoms with van der Waals surface area (Å²) >= 11 is 0. The molecule has 0 fully saturated rings. The van der Waals surface area contributed by atoms with Crippen molar-refractivity contribution in [1.29, 1.82) is 0 Å². The van der Waals surface area contributed by atoms with E-state index in [9.17, 15) is 4.79 Å². The average molecular weight is 163 g/mol. The summed E-state index contributed by atoms with van der Waals surface area (Å²) in [7, 11) is 0. The first-order valence-corrected chi connectivity index (χ1v) is 3.00. The van der Waals surface area contributed by atoms with Crippen LogP contribution in [0.4, 0.5) is 0 Å². The van der Waals surface area contributed by atoms with Crippen molar-refractivity contribution in [3.63, 3.8) is 0 Å². The second kappa shape index (κ2) is 4.30. The Kier molecular flexibility index (Phi) is 4.07. The van der Waals surface area contributed by atoms with Crippen LogP contribution in [0.2, 0.25) is 0 Å². The van der Waals surface area contributed by atoms with Crippen molar-refractivity contribution in [1.82, 2.24) is 5.32 Å². The van der Waals surface area contributed by atoms with E-state index in [1.807, 2.05) is 6.08 Å². The number of nitrogens with two attached hydrogens (primary N) is 1. The molecule has 0 aromatic rings. The van der Waals surface area contributed by atoms with E-state index in [0.29, 0.717) is 12.1 Å². The lowest BCUT2D eigenvalue weighted by Gasteiger charge is -2.09. The van der Waals surface area contributed by atoms with E-state index in [1.54, 1.807) is 0 Å². The summed E-state index contributed by atoms with van der Waals surface area (Å²) in [5.41, 5.74) is 5.73. The molecule has 0 bridgehead atoms. The first-order valence-electron chi connectivity index (χ1n) is 3.00. The fourth-order valence-corrected chi connectivity index (χ4v) is 0.831. The molecule has 0 aromatic heterocycles. The number of hydrogen-bond acceptors (Lipinski definition) is 2. The molecule has 3 nitrogen and oxygen atoms in total. The van der Waals surface area contributed by atoms with Crippen molar-refractivity contribution in [3.8, 4) is 0 Å². The van der Waals surface area contributed by atoms with Gasteiger partial charge in [0.25, 0.3) is 0 Å². The number of primary amides is 1. The molecule has 0 saturated carbocycles. The first kappa shape index (κ1) is 9.46. The summed E-state index contributed by atoms with van der Waals surface area (Å²) in [4.78, 5) is 10.5. The molecule has 1 heterocycles. The van der Waals surface area contributed by atoms with Crippen molar-refractivity contribution in [2.75, 3.05) is 13.1 Å². The summed E-state index contributed by atoms with van der Waals surface area (Å²) in [6.07, 6.45) is 2.80. The Morgan fingerprint density at radius 2 is 2.40 bits per heavy atom. The highest BCUT2D eigenvalue weighted by molar-refractivity contribution is 5.92. The van der Waals surface area contributed by atoms with E-state index in [2.05, 4.69) is 5.32 Å². The minimum Gasteiger partial charge on any atom is -0.366 e. The minimum atomic E-state index is -0.304. The number of amides is 1. The number of halogens is 1. The Morgan fingerprint density at radius 3 is 2.70 bits per heavy atom. The summed E-state index contributed by atoms with van der Waals surface area (Å²) < 4.78 is 0. The van der Waals surface area contributed by atoms with Gasteiger partial charge in [-0.15, -0.1) is 12.4 Å². The van der Waals surface area contributed by atoms with Crippen molar-refractivity contribution >= 4 is 18.3 Å². The maximum absolute atomic E-state index is 10.5. The van der Waals surface area contributed by atoms with Gasteiger partial charge >= 0.3 is 0 Å². The standard InChI is InChI=1S/C6H10N2O.ClH/c7-6(9)5-2-1-3-8-4-5;/h2,8H,1,3-4H2,(H2,7,9);1H.